The predicted molar refractivity (Wildman–Crippen MR) is 103 cm³/mol. The zero-order valence-electron chi connectivity index (χ0n) is 14.8. The Labute approximate surface area is 163 Å². The summed E-state index contributed by atoms with van der Waals surface area (Å²) in [5, 5.41) is 7.12. The van der Waals surface area contributed by atoms with Crippen LogP contribution in [0.25, 0.3) is 16.7 Å². The highest BCUT2D eigenvalue weighted by Crippen LogP contribution is 2.16. The molecule has 0 saturated carbocycles. The van der Waals surface area contributed by atoms with Crippen LogP contribution in [0.4, 0.5) is 15.0 Å². The fourth-order valence-corrected chi connectivity index (χ4v) is 2.68. The van der Waals surface area contributed by atoms with Crippen LogP contribution in [0.1, 0.15) is 10.4 Å². The number of hydrazine groups is 1. The second-order valence-corrected chi connectivity index (χ2v) is 5.86. The molecule has 3 amide bonds. The second kappa shape index (κ2) is 7.72. The summed E-state index contributed by atoms with van der Waals surface area (Å²) in [5.41, 5.74) is 5.60. The molecule has 0 bridgehead atoms. The predicted octanol–water partition coefficient (Wildman–Crippen LogP) is 2.42. The highest BCUT2D eigenvalue weighted by atomic mass is 19.1. The number of benzene rings is 1. The quantitative estimate of drug-likeness (QED) is 0.464. The van der Waals surface area contributed by atoms with Crippen LogP contribution in [0, 0.1) is 5.82 Å². The van der Waals surface area contributed by atoms with Crippen molar-refractivity contribution in [2.45, 2.75) is 0 Å². The average Bonchev–Trinajstić information content (AvgIpc) is 3.20. The first kappa shape index (κ1) is 18.0. The van der Waals surface area contributed by atoms with Crippen molar-refractivity contribution in [2.24, 2.45) is 0 Å². The van der Waals surface area contributed by atoms with Crippen molar-refractivity contribution in [2.75, 3.05) is 5.32 Å². The highest BCUT2D eigenvalue weighted by molar-refractivity contribution is 6.06. The molecular formula is C19H14FN7O2. The van der Waals surface area contributed by atoms with Gasteiger partial charge >= 0.3 is 6.03 Å². The van der Waals surface area contributed by atoms with Crippen molar-refractivity contribution >= 4 is 28.7 Å². The van der Waals surface area contributed by atoms with Crippen LogP contribution >= 0.6 is 0 Å². The lowest BCUT2D eigenvalue weighted by Gasteiger charge is -2.09. The van der Waals surface area contributed by atoms with Gasteiger partial charge in [0.2, 0.25) is 0 Å². The number of pyridine rings is 2. The van der Waals surface area contributed by atoms with E-state index in [1.807, 2.05) is 0 Å². The first-order chi connectivity index (χ1) is 14.1. The number of urea groups is 1. The van der Waals surface area contributed by atoms with E-state index in [2.05, 4.69) is 31.2 Å². The third-order valence-electron chi connectivity index (χ3n) is 3.97. The number of hydrogen-bond donors (Lipinski definition) is 3. The third kappa shape index (κ3) is 3.86. The lowest BCUT2D eigenvalue weighted by atomic mass is 10.1. The molecule has 9 nitrogen and oxygen atoms in total. The summed E-state index contributed by atoms with van der Waals surface area (Å²) in [6, 6.07) is 12.1. The summed E-state index contributed by atoms with van der Waals surface area (Å²) in [4.78, 5) is 32.5. The molecule has 0 fully saturated rings. The number of aromatic nitrogens is 4. The van der Waals surface area contributed by atoms with Gasteiger partial charge in [-0.25, -0.2) is 24.3 Å². The van der Waals surface area contributed by atoms with E-state index in [4.69, 9.17) is 0 Å². The average molecular weight is 391 g/mol. The highest BCUT2D eigenvalue weighted by Gasteiger charge is 2.12. The van der Waals surface area contributed by atoms with E-state index in [9.17, 15) is 14.0 Å². The van der Waals surface area contributed by atoms with Crippen molar-refractivity contribution < 1.29 is 14.0 Å². The van der Waals surface area contributed by atoms with Gasteiger partial charge in [-0.2, -0.15) is 0 Å². The molecule has 0 atom stereocenters. The van der Waals surface area contributed by atoms with Crippen LogP contribution in [0.2, 0.25) is 0 Å². The number of anilines is 1. The van der Waals surface area contributed by atoms with Gasteiger partial charge in [-0.3, -0.25) is 20.5 Å². The van der Waals surface area contributed by atoms with E-state index in [0.29, 0.717) is 16.5 Å². The Morgan fingerprint density at radius 2 is 1.76 bits per heavy atom. The number of amides is 3. The molecule has 0 saturated heterocycles. The number of fused-ring (bicyclic) bond motifs is 1. The van der Waals surface area contributed by atoms with Crippen molar-refractivity contribution in [3.8, 4) is 5.82 Å². The molecular weight excluding hydrogens is 377 g/mol. The minimum Gasteiger partial charge on any atom is -0.289 e. The second-order valence-electron chi connectivity index (χ2n) is 5.86. The number of halogens is 1. The Kier molecular flexibility index (Phi) is 4.81. The van der Waals surface area contributed by atoms with Gasteiger partial charge in [0, 0.05) is 30.0 Å². The Hall–Kier alpha value is -4.34. The lowest BCUT2D eigenvalue weighted by molar-refractivity contribution is 0.0939. The van der Waals surface area contributed by atoms with Gasteiger partial charge in [0.25, 0.3) is 5.91 Å². The van der Waals surface area contributed by atoms with Crippen molar-refractivity contribution in [1.29, 1.82) is 0 Å². The van der Waals surface area contributed by atoms with Crippen molar-refractivity contribution in [3.63, 3.8) is 0 Å². The maximum atomic E-state index is 13.8. The Morgan fingerprint density at radius 1 is 0.931 bits per heavy atom. The third-order valence-corrected chi connectivity index (χ3v) is 3.97. The zero-order chi connectivity index (χ0) is 20.2. The molecule has 0 spiro atoms. The summed E-state index contributed by atoms with van der Waals surface area (Å²) < 4.78 is 14.9. The summed E-state index contributed by atoms with van der Waals surface area (Å²) in [6.07, 6.45) is 4.51. The van der Waals surface area contributed by atoms with Gasteiger partial charge in [-0.05, 0) is 30.3 Å². The Bertz CT molecular complexity index is 1200. The first-order valence-electron chi connectivity index (χ1n) is 8.49. The molecule has 4 aromatic rings. The van der Waals surface area contributed by atoms with E-state index in [-0.39, 0.29) is 11.6 Å². The summed E-state index contributed by atoms with van der Waals surface area (Å²) in [6.45, 7) is 0. The maximum Gasteiger partial charge on any atom is 0.339 e. The Balaban J connectivity index is 1.39. The standard InChI is InChI=1S/C19H14FN7O2/c20-14-6-3-10-22-17(14)27-11-8-16(26-27)23-19(29)25-24-18(28)13-4-1-7-15-12(13)5-2-9-21-15/h1-11H,(H,24,28)(H2,23,25,26,29). The molecule has 0 aliphatic carbocycles. The van der Waals surface area contributed by atoms with Gasteiger partial charge in [0.1, 0.15) is 0 Å². The minimum atomic E-state index is -0.719. The van der Waals surface area contributed by atoms with Crippen LogP contribution in [0.3, 0.4) is 0 Å². The minimum absolute atomic E-state index is 0.00109. The largest absolute Gasteiger partial charge is 0.339 e. The molecule has 0 radical (unpaired) electrons. The van der Waals surface area contributed by atoms with Gasteiger partial charge in [-0.15, -0.1) is 5.10 Å². The number of hydrogen-bond acceptors (Lipinski definition) is 5. The monoisotopic (exact) mass is 391 g/mol. The number of carbonyl (C=O) groups is 2. The molecule has 1 aromatic carbocycles. The number of nitrogens with one attached hydrogen (secondary N) is 3. The van der Waals surface area contributed by atoms with Gasteiger partial charge in [0.05, 0.1) is 11.1 Å². The number of nitrogens with zero attached hydrogens (tertiary/aromatic N) is 4. The number of rotatable bonds is 3. The zero-order valence-corrected chi connectivity index (χ0v) is 14.8. The fraction of sp³-hybridized carbons (Fsp3) is 0. The maximum absolute atomic E-state index is 13.8. The van der Waals surface area contributed by atoms with Crippen LogP contribution in [0.5, 0.6) is 0 Å². The van der Waals surface area contributed by atoms with E-state index in [0.717, 1.165) is 0 Å². The summed E-state index contributed by atoms with van der Waals surface area (Å²) >= 11 is 0. The van der Waals surface area contributed by atoms with Crippen LogP contribution in [-0.2, 0) is 0 Å². The molecule has 29 heavy (non-hydrogen) atoms. The van der Waals surface area contributed by atoms with Gasteiger partial charge in [0.15, 0.2) is 17.5 Å². The molecule has 3 aromatic heterocycles. The van der Waals surface area contributed by atoms with Crippen LogP contribution in [0.15, 0.2) is 67.1 Å². The molecule has 0 aliphatic heterocycles. The van der Waals surface area contributed by atoms with Crippen LogP contribution in [-0.4, -0.2) is 31.7 Å². The van der Waals surface area contributed by atoms with E-state index >= 15 is 0 Å². The molecule has 3 N–H and O–H groups in total. The first-order valence-corrected chi connectivity index (χ1v) is 8.49. The van der Waals surface area contributed by atoms with Gasteiger partial charge in [-0.1, -0.05) is 12.1 Å². The lowest BCUT2D eigenvalue weighted by Crippen LogP contribution is -2.44. The Morgan fingerprint density at radius 3 is 2.62 bits per heavy atom. The number of carbonyl (C=O) groups excluding carboxylic acids is 2. The molecule has 3 heterocycles. The summed E-state index contributed by atoms with van der Waals surface area (Å²) in [7, 11) is 0. The normalized spacial score (nSPS) is 10.5. The van der Waals surface area contributed by atoms with Crippen molar-refractivity contribution in [3.05, 3.63) is 78.5 Å². The fourth-order valence-electron chi connectivity index (χ4n) is 2.68. The SMILES string of the molecule is O=C(NNC(=O)c1cccc2ncccc12)Nc1ccn(-c2ncccc2F)n1. The van der Waals surface area contributed by atoms with Crippen molar-refractivity contribution in [1.82, 2.24) is 30.6 Å². The van der Waals surface area contributed by atoms with E-state index < -0.39 is 17.8 Å². The molecule has 10 heteroatoms. The molecule has 4 rings (SSSR count). The molecule has 144 valence electrons. The topological polar surface area (TPSA) is 114 Å². The van der Waals surface area contributed by atoms with E-state index in [1.165, 1.54) is 35.3 Å². The van der Waals surface area contributed by atoms with Gasteiger partial charge < -0.3 is 0 Å². The van der Waals surface area contributed by atoms with E-state index in [1.54, 1.807) is 36.5 Å². The van der Waals surface area contributed by atoms with Crippen LogP contribution < -0.4 is 16.2 Å². The smallest absolute Gasteiger partial charge is 0.289 e. The molecule has 0 aliphatic rings. The molecule has 0 unspecified atom stereocenters. The summed E-state index contributed by atoms with van der Waals surface area (Å²) in [5.74, 6) is -0.904.